The van der Waals surface area contributed by atoms with Gasteiger partial charge in [-0.2, -0.15) is 8.78 Å². The van der Waals surface area contributed by atoms with Crippen molar-refractivity contribution in [2.75, 3.05) is 0 Å². The van der Waals surface area contributed by atoms with Crippen LogP contribution in [-0.2, 0) is 0 Å². The summed E-state index contributed by atoms with van der Waals surface area (Å²) in [5.74, 6) is -1.73. The van der Waals surface area contributed by atoms with Crippen LogP contribution in [0.3, 0.4) is 0 Å². The van der Waals surface area contributed by atoms with Crippen molar-refractivity contribution < 1.29 is 13.2 Å². The molecule has 0 amide bonds. The lowest BCUT2D eigenvalue weighted by molar-refractivity contribution is 0.421. The molecule has 0 N–H and O–H groups in total. The van der Waals surface area contributed by atoms with Crippen molar-refractivity contribution in [3.63, 3.8) is 0 Å². The molecular formula is C3F3N2+. The number of halogens is 3. The molecule has 0 heterocycles. The standard InChI is InChI=1S/C3F3N2/c4-2(5)1-3(6)8-7/q+1. The maximum atomic E-state index is 11.3. The molecule has 0 aliphatic heterocycles. The van der Waals surface area contributed by atoms with Crippen molar-refractivity contribution in [2.24, 2.45) is 0 Å². The number of hydrogen-bond donors (Lipinski definition) is 0. The molecule has 0 aromatic carbocycles. The van der Waals surface area contributed by atoms with Crippen molar-refractivity contribution in [1.29, 1.82) is 5.39 Å². The fourth-order valence-corrected chi connectivity index (χ4v) is 0.103. The maximum absolute atomic E-state index is 11.3. The van der Waals surface area contributed by atoms with Gasteiger partial charge in [0.1, 0.15) is 0 Å². The molecule has 0 aromatic rings. The Morgan fingerprint density at radius 3 is 2.00 bits per heavy atom. The van der Waals surface area contributed by atoms with Crippen LogP contribution in [-0.4, -0.2) is 0 Å². The predicted molar refractivity (Wildman–Crippen MR) is 18.9 cm³/mol. The maximum Gasteiger partial charge on any atom is 0.590 e. The summed E-state index contributed by atoms with van der Waals surface area (Å²) in [6, 6.07) is 0. The van der Waals surface area contributed by atoms with E-state index in [0.717, 1.165) is 5.73 Å². The number of hydrogen-bond acceptors (Lipinski definition) is 1. The Balaban J connectivity index is 4.44. The second kappa shape index (κ2) is 2.83. The molecule has 8 heavy (non-hydrogen) atoms. The first-order chi connectivity index (χ1) is 3.66. The summed E-state index contributed by atoms with van der Waals surface area (Å²) in [5.41, 5.74) is 0.809. The summed E-state index contributed by atoms with van der Waals surface area (Å²) < 4.78 is 33.0. The molecule has 0 unspecified atom stereocenters. The number of nitrogens with zero attached hydrogens (tertiary/aromatic N) is 2. The summed E-state index contributed by atoms with van der Waals surface area (Å²) in [4.78, 5) is 1.77. The van der Waals surface area contributed by atoms with E-state index < -0.39 is 12.0 Å². The van der Waals surface area contributed by atoms with E-state index in [1.165, 1.54) is 0 Å². The molecule has 5 heteroatoms. The summed E-state index contributed by atoms with van der Waals surface area (Å²) in [6.45, 7) is 0. The monoisotopic (exact) mass is 121 g/mol. The Hall–Kier alpha value is -1.27. The van der Waals surface area contributed by atoms with Gasteiger partial charge in [0.2, 0.25) is 10.4 Å². The Labute approximate surface area is 42.5 Å². The topological polar surface area (TPSA) is 28.1 Å². The lowest BCUT2D eigenvalue weighted by atomic mass is 10.8. The Morgan fingerprint density at radius 2 is 1.88 bits per heavy atom. The van der Waals surface area contributed by atoms with Gasteiger partial charge in [0, 0.05) is 0 Å². The van der Waals surface area contributed by atoms with Gasteiger partial charge in [-0.3, -0.25) is 0 Å². The zero-order valence-electron chi connectivity index (χ0n) is 3.53. The van der Waals surface area contributed by atoms with Gasteiger partial charge in [-0.05, 0) is 0 Å². The van der Waals surface area contributed by atoms with Gasteiger partial charge in [0.05, 0.1) is 5.73 Å². The lowest BCUT2D eigenvalue weighted by Gasteiger charge is -1.57. The highest BCUT2D eigenvalue weighted by atomic mass is 19.3. The zero-order chi connectivity index (χ0) is 6.57. The first kappa shape index (κ1) is 6.73. The van der Waals surface area contributed by atoms with E-state index in [-0.39, 0.29) is 0 Å². The average molecular weight is 121 g/mol. The minimum absolute atomic E-state index is 0.809. The third-order valence-corrected chi connectivity index (χ3v) is 0.285. The van der Waals surface area contributed by atoms with Gasteiger partial charge in [-0.15, -0.1) is 4.39 Å². The summed E-state index contributed by atoms with van der Waals surface area (Å²) in [6.07, 6.45) is -2.36. The van der Waals surface area contributed by atoms with Gasteiger partial charge in [-0.1, -0.05) is 0 Å². The molecule has 0 saturated carbocycles. The SMILES string of the molecule is N#[N+]C(F)=C=C(F)F. The van der Waals surface area contributed by atoms with Gasteiger partial charge >= 0.3 is 12.0 Å². The molecule has 0 radical (unpaired) electrons. The summed E-state index contributed by atoms with van der Waals surface area (Å²) in [5, 5.41) is 7.39. The van der Waals surface area contributed by atoms with Crippen LogP contribution in [0.2, 0.25) is 0 Å². The van der Waals surface area contributed by atoms with Crippen molar-refractivity contribution in [3.8, 4) is 0 Å². The lowest BCUT2D eigenvalue weighted by Crippen LogP contribution is -1.53. The Bertz CT molecular complexity index is 179. The molecule has 0 atom stereocenters. The van der Waals surface area contributed by atoms with Gasteiger partial charge in [0.25, 0.3) is 0 Å². The van der Waals surface area contributed by atoms with Crippen LogP contribution in [0, 0.1) is 5.39 Å². The molecule has 42 valence electrons. The zero-order valence-corrected chi connectivity index (χ0v) is 3.53. The van der Waals surface area contributed by atoms with E-state index in [0.29, 0.717) is 0 Å². The minimum atomic E-state index is -2.36. The Kier molecular flexibility index (Phi) is 2.38. The third kappa shape index (κ3) is 2.94. The van der Waals surface area contributed by atoms with E-state index in [1.54, 1.807) is 4.98 Å². The van der Waals surface area contributed by atoms with Crippen LogP contribution in [0.15, 0.2) is 17.8 Å². The molecule has 0 aliphatic rings. The van der Waals surface area contributed by atoms with E-state index >= 15 is 0 Å². The smallest absolute Gasteiger partial charge is 0.163 e. The van der Waals surface area contributed by atoms with Crippen molar-refractivity contribution in [1.82, 2.24) is 0 Å². The van der Waals surface area contributed by atoms with Crippen LogP contribution >= 0.6 is 0 Å². The highest BCUT2D eigenvalue weighted by Gasteiger charge is 2.04. The summed E-state index contributed by atoms with van der Waals surface area (Å²) in [7, 11) is 0. The van der Waals surface area contributed by atoms with Gasteiger partial charge < -0.3 is 0 Å². The fourth-order valence-electron chi connectivity index (χ4n) is 0.103. The van der Waals surface area contributed by atoms with Crippen LogP contribution in [0.4, 0.5) is 13.2 Å². The molecule has 0 aromatic heterocycles. The second-order valence-corrected chi connectivity index (χ2v) is 0.776. The normalized spacial score (nSPS) is 6.75. The molecule has 0 rings (SSSR count). The van der Waals surface area contributed by atoms with Crippen molar-refractivity contribution >= 4 is 0 Å². The van der Waals surface area contributed by atoms with Crippen molar-refractivity contribution in [3.05, 3.63) is 22.7 Å². The highest BCUT2D eigenvalue weighted by Crippen LogP contribution is 1.99. The average Bonchev–Trinajstić information content (AvgIpc) is 1.65. The van der Waals surface area contributed by atoms with Gasteiger partial charge in [0.15, 0.2) is 0 Å². The largest absolute Gasteiger partial charge is 0.590 e. The van der Waals surface area contributed by atoms with Crippen LogP contribution in [0.5, 0.6) is 0 Å². The number of rotatable bonds is 0. The minimum Gasteiger partial charge on any atom is -0.163 e. The summed E-state index contributed by atoms with van der Waals surface area (Å²) >= 11 is 0. The van der Waals surface area contributed by atoms with Crippen molar-refractivity contribution in [2.45, 2.75) is 0 Å². The second-order valence-electron chi connectivity index (χ2n) is 0.776. The molecule has 0 spiro atoms. The first-order valence-electron chi connectivity index (χ1n) is 1.49. The highest BCUT2D eigenvalue weighted by molar-refractivity contribution is 4.97. The molecule has 0 saturated heterocycles. The van der Waals surface area contributed by atoms with Gasteiger partial charge in [-0.25, -0.2) is 0 Å². The molecule has 0 aliphatic carbocycles. The molecule has 0 fully saturated rings. The van der Waals surface area contributed by atoms with E-state index in [9.17, 15) is 13.2 Å². The third-order valence-electron chi connectivity index (χ3n) is 0.285. The molecule has 2 nitrogen and oxygen atoms in total. The molecular weight excluding hydrogens is 121 g/mol. The molecule has 0 bridgehead atoms. The predicted octanol–water partition coefficient (Wildman–Crippen LogP) is 2.03. The van der Waals surface area contributed by atoms with Crippen LogP contribution in [0.25, 0.3) is 4.98 Å². The fraction of sp³-hybridized carbons (Fsp3) is 0. The quantitative estimate of drug-likeness (QED) is 0.273. The van der Waals surface area contributed by atoms with Crippen LogP contribution in [0.1, 0.15) is 0 Å². The van der Waals surface area contributed by atoms with E-state index in [1.807, 2.05) is 0 Å². The van der Waals surface area contributed by atoms with E-state index in [4.69, 9.17) is 5.39 Å². The van der Waals surface area contributed by atoms with E-state index in [2.05, 4.69) is 0 Å². The van der Waals surface area contributed by atoms with Crippen LogP contribution < -0.4 is 0 Å². The number of diazo groups is 1. The first-order valence-corrected chi connectivity index (χ1v) is 1.49. The Morgan fingerprint density at radius 1 is 1.38 bits per heavy atom.